The van der Waals surface area contributed by atoms with Crippen molar-refractivity contribution in [3.05, 3.63) is 46.5 Å². The summed E-state index contributed by atoms with van der Waals surface area (Å²) in [6.07, 6.45) is 1.62. The van der Waals surface area contributed by atoms with E-state index in [-0.39, 0.29) is 5.78 Å². The number of nitrogens with zero attached hydrogens (tertiary/aromatic N) is 2. The van der Waals surface area contributed by atoms with Crippen molar-refractivity contribution >= 4 is 21.7 Å². The first-order valence-electron chi connectivity index (χ1n) is 4.44. The van der Waals surface area contributed by atoms with Gasteiger partial charge in [0.05, 0.1) is 0 Å². The van der Waals surface area contributed by atoms with E-state index < -0.39 is 0 Å². The molecule has 0 saturated heterocycles. The van der Waals surface area contributed by atoms with E-state index in [2.05, 4.69) is 25.9 Å². The Morgan fingerprint density at radius 2 is 1.87 bits per heavy atom. The number of pyridine rings is 2. The Hall–Kier alpha value is -1.55. The molecule has 0 aliphatic heterocycles. The molecule has 0 radical (unpaired) electrons. The fourth-order valence-electron chi connectivity index (χ4n) is 1.74. The summed E-state index contributed by atoms with van der Waals surface area (Å²) in [6.45, 7) is 0. The molecule has 3 nitrogen and oxygen atoms in total. The van der Waals surface area contributed by atoms with Crippen molar-refractivity contribution in [2.24, 2.45) is 0 Å². The van der Waals surface area contributed by atoms with Gasteiger partial charge < -0.3 is 0 Å². The van der Waals surface area contributed by atoms with Crippen molar-refractivity contribution < 1.29 is 4.79 Å². The molecule has 0 N–H and O–H groups in total. The van der Waals surface area contributed by atoms with Gasteiger partial charge in [0.2, 0.25) is 5.78 Å². The van der Waals surface area contributed by atoms with Gasteiger partial charge in [-0.25, -0.2) is 4.98 Å². The number of fused-ring (bicyclic) bond motifs is 3. The molecule has 1 aliphatic rings. The highest BCUT2D eigenvalue weighted by Crippen LogP contribution is 2.34. The Kier molecular flexibility index (Phi) is 1.73. The molecule has 2 aromatic heterocycles. The predicted molar refractivity (Wildman–Crippen MR) is 58.6 cm³/mol. The van der Waals surface area contributed by atoms with Crippen LogP contribution in [-0.2, 0) is 0 Å². The highest BCUT2D eigenvalue weighted by Gasteiger charge is 2.28. The summed E-state index contributed by atoms with van der Waals surface area (Å²) in [4.78, 5) is 20.2. The molecule has 0 bridgehead atoms. The van der Waals surface area contributed by atoms with Crippen molar-refractivity contribution in [2.75, 3.05) is 0 Å². The molecule has 2 aromatic rings. The van der Waals surface area contributed by atoms with E-state index in [0.717, 1.165) is 11.1 Å². The van der Waals surface area contributed by atoms with Gasteiger partial charge in [-0.3, -0.25) is 9.78 Å². The highest BCUT2D eigenvalue weighted by atomic mass is 79.9. The lowest BCUT2D eigenvalue weighted by molar-refractivity contribution is 0.103. The van der Waals surface area contributed by atoms with Gasteiger partial charge in [-0.05, 0) is 34.1 Å². The maximum absolute atomic E-state index is 11.9. The molecule has 0 amide bonds. The molecule has 72 valence electrons. The van der Waals surface area contributed by atoms with Crippen LogP contribution >= 0.6 is 15.9 Å². The molecule has 0 aromatic carbocycles. The molecule has 4 heteroatoms. The van der Waals surface area contributed by atoms with E-state index in [1.165, 1.54) is 0 Å². The predicted octanol–water partition coefficient (Wildman–Crippen LogP) is 2.45. The lowest BCUT2D eigenvalue weighted by atomic mass is 10.1. The smallest absolute Gasteiger partial charge is 0.230 e. The Morgan fingerprint density at radius 1 is 1.07 bits per heavy atom. The van der Waals surface area contributed by atoms with Gasteiger partial charge in [-0.1, -0.05) is 6.07 Å². The van der Waals surface area contributed by atoms with Crippen molar-refractivity contribution in [3.63, 3.8) is 0 Å². The molecule has 0 atom stereocenters. The maximum Gasteiger partial charge on any atom is 0.230 e. The summed E-state index contributed by atoms with van der Waals surface area (Å²) in [5.74, 6) is -0.0955. The minimum absolute atomic E-state index is 0.0955. The Bertz CT molecular complexity index is 581. The van der Waals surface area contributed by atoms with Crippen LogP contribution in [0, 0.1) is 0 Å². The lowest BCUT2D eigenvalue weighted by Crippen LogP contribution is -2.00. The minimum atomic E-state index is -0.0955. The first-order valence-corrected chi connectivity index (χ1v) is 5.23. The Balaban J connectivity index is 2.38. The normalized spacial score (nSPS) is 12.5. The molecular formula is C11H5BrN2O. The van der Waals surface area contributed by atoms with Crippen LogP contribution < -0.4 is 0 Å². The average molecular weight is 261 g/mol. The maximum atomic E-state index is 11.9. The van der Waals surface area contributed by atoms with Crippen LogP contribution in [0.3, 0.4) is 0 Å². The van der Waals surface area contributed by atoms with Crippen LogP contribution in [0.15, 0.2) is 35.1 Å². The number of aromatic nitrogens is 2. The van der Waals surface area contributed by atoms with Gasteiger partial charge in [0.1, 0.15) is 16.0 Å². The van der Waals surface area contributed by atoms with Crippen LogP contribution in [0.25, 0.3) is 11.1 Å². The summed E-state index contributed by atoms with van der Waals surface area (Å²) in [5.41, 5.74) is 2.72. The first-order chi connectivity index (χ1) is 7.27. The molecule has 0 spiro atoms. The van der Waals surface area contributed by atoms with E-state index in [9.17, 15) is 4.79 Å². The number of halogens is 1. The molecule has 15 heavy (non-hydrogen) atoms. The van der Waals surface area contributed by atoms with E-state index in [1.54, 1.807) is 6.20 Å². The zero-order valence-electron chi connectivity index (χ0n) is 7.57. The van der Waals surface area contributed by atoms with Crippen LogP contribution in [0.5, 0.6) is 0 Å². The quantitative estimate of drug-likeness (QED) is 0.584. The van der Waals surface area contributed by atoms with Gasteiger partial charge >= 0.3 is 0 Å². The van der Waals surface area contributed by atoms with E-state index in [1.807, 2.05) is 24.3 Å². The summed E-state index contributed by atoms with van der Waals surface area (Å²) in [5, 5.41) is 0. The standard InChI is InChI=1S/C11H5BrN2O/c12-8-4-3-7-6-2-1-5-13-9(6)11(15)10(7)14-8/h1-5H. The fourth-order valence-corrected chi connectivity index (χ4v) is 2.05. The van der Waals surface area contributed by atoms with E-state index in [0.29, 0.717) is 16.0 Å². The number of hydrogen-bond acceptors (Lipinski definition) is 3. The topological polar surface area (TPSA) is 42.9 Å². The third kappa shape index (κ3) is 1.15. The molecular weight excluding hydrogens is 256 g/mol. The second-order valence-electron chi connectivity index (χ2n) is 3.26. The molecule has 1 aliphatic carbocycles. The molecule has 0 fully saturated rings. The van der Waals surface area contributed by atoms with Gasteiger partial charge in [0, 0.05) is 17.3 Å². The summed E-state index contributed by atoms with van der Waals surface area (Å²) in [7, 11) is 0. The zero-order valence-corrected chi connectivity index (χ0v) is 9.15. The van der Waals surface area contributed by atoms with Crippen molar-refractivity contribution in [1.29, 1.82) is 0 Å². The largest absolute Gasteiger partial charge is 0.285 e. The number of ketones is 1. The number of rotatable bonds is 0. The third-order valence-corrected chi connectivity index (χ3v) is 2.83. The highest BCUT2D eigenvalue weighted by molar-refractivity contribution is 9.10. The Morgan fingerprint density at radius 3 is 2.73 bits per heavy atom. The van der Waals surface area contributed by atoms with Gasteiger partial charge in [0.25, 0.3) is 0 Å². The molecule has 2 heterocycles. The first kappa shape index (κ1) is 8.73. The molecule has 3 rings (SSSR count). The van der Waals surface area contributed by atoms with Gasteiger partial charge in [-0.2, -0.15) is 0 Å². The van der Waals surface area contributed by atoms with Gasteiger partial charge in [0.15, 0.2) is 0 Å². The fraction of sp³-hybridized carbons (Fsp3) is 0. The second-order valence-corrected chi connectivity index (χ2v) is 4.07. The monoisotopic (exact) mass is 260 g/mol. The number of carbonyl (C=O) groups is 1. The lowest BCUT2D eigenvalue weighted by Gasteiger charge is -1.97. The third-order valence-electron chi connectivity index (χ3n) is 2.39. The molecule has 0 unspecified atom stereocenters. The minimum Gasteiger partial charge on any atom is -0.285 e. The van der Waals surface area contributed by atoms with Crippen LogP contribution in [0.4, 0.5) is 0 Å². The average Bonchev–Trinajstić information content (AvgIpc) is 2.54. The van der Waals surface area contributed by atoms with Crippen LogP contribution in [0.1, 0.15) is 16.2 Å². The van der Waals surface area contributed by atoms with Crippen LogP contribution in [-0.4, -0.2) is 15.8 Å². The summed E-state index contributed by atoms with van der Waals surface area (Å²) < 4.78 is 0.669. The summed E-state index contributed by atoms with van der Waals surface area (Å²) in [6, 6.07) is 7.43. The second kappa shape index (κ2) is 2.97. The summed E-state index contributed by atoms with van der Waals surface area (Å²) >= 11 is 3.25. The van der Waals surface area contributed by atoms with Crippen molar-refractivity contribution in [2.45, 2.75) is 0 Å². The van der Waals surface area contributed by atoms with Crippen LogP contribution in [0.2, 0.25) is 0 Å². The van der Waals surface area contributed by atoms with Gasteiger partial charge in [-0.15, -0.1) is 0 Å². The zero-order chi connectivity index (χ0) is 10.4. The van der Waals surface area contributed by atoms with Crippen molar-refractivity contribution in [3.8, 4) is 11.1 Å². The number of hydrogen-bond donors (Lipinski definition) is 0. The van der Waals surface area contributed by atoms with E-state index in [4.69, 9.17) is 0 Å². The SMILES string of the molecule is O=C1c2ncccc2-c2ccc(Br)nc21. The van der Waals surface area contributed by atoms with E-state index >= 15 is 0 Å². The number of carbonyl (C=O) groups excluding carboxylic acids is 1. The Labute approximate surface area is 94.3 Å². The molecule has 0 saturated carbocycles. The van der Waals surface area contributed by atoms with Crippen molar-refractivity contribution in [1.82, 2.24) is 9.97 Å².